The van der Waals surface area contributed by atoms with Gasteiger partial charge in [-0.25, -0.2) is 0 Å². The van der Waals surface area contributed by atoms with Crippen LogP contribution in [0.5, 0.6) is 11.8 Å². The SMILES string of the molecule is C/C=C/c1cc(Nc2cc(N3CCNC[C@@H]3C)nc(Oc3ccc4[nH]c(C)cc4c3Cl)n2)n[nH]1. The van der Waals surface area contributed by atoms with Crippen molar-refractivity contribution in [3.8, 4) is 11.8 Å². The standard InChI is InChI=1S/C24H27ClN8O/c1-4-5-16-11-21(32-31-16)28-20-12-22(33-9-8-26-13-15(33)3)30-24(29-20)34-19-7-6-18-17(23(19)25)10-14(2)27-18/h4-7,10-12,15,26-27H,8-9,13H2,1-3H3,(H2,28,29,30,31,32)/b5-4+/t15-/m0/s1. The zero-order valence-corrected chi connectivity index (χ0v) is 20.1. The number of hydrogen-bond acceptors (Lipinski definition) is 7. The quantitative estimate of drug-likeness (QED) is 0.308. The molecule has 3 aromatic heterocycles. The van der Waals surface area contributed by atoms with Gasteiger partial charge in [-0.2, -0.15) is 15.1 Å². The average Bonchev–Trinajstić information content (AvgIpc) is 3.42. The number of H-pyrrole nitrogens is 2. The van der Waals surface area contributed by atoms with E-state index in [1.54, 1.807) is 0 Å². The second kappa shape index (κ2) is 9.36. The Morgan fingerprint density at radius 1 is 1.21 bits per heavy atom. The van der Waals surface area contributed by atoms with Crippen LogP contribution in [0.1, 0.15) is 25.2 Å². The Bertz CT molecular complexity index is 1340. The molecule has 0 spiro atoms. The third-order valence-electron chi connectivity index (χ3n) is 5.73. The summed E-state index contributed by atoms with van der Waals surface area (Å²) in [6.07, 6.45) is 3.89. The minimum Gasteiger partial charge on any atom is -0.423 e. The van der Waals surface area contributed by atoms with E-state index in [0.29, 0.717) is 22.4 Å². The van der Waals surface area contributed by atoms with Gasteiger partial charge in [0.1, 0.15) is 17.4 Å². The molecule has 34 heavy (non-hydrogen) atoms. The van der Waals surface area contributed by atoms with Crippen LogP contribution < -0.4 is 20.3 Å². The molecule has 0 aliphatic carbocycles. The van der Waals surface area contributed by atoms with Gasteiger partial charge in [-0.15, -0.1) is 0 Å². The summed E-state index contributed by atoms with van der Waals surface area (Å²) < 4.78 is 6.13. The number of benzene rings is 1. The lowest BCUT2D eigenvalue weighted by atomic mass is 10.2. The number of fused-ring (bicyclic) bond motifs is 1. The van der Waals surface area contributed by atoms with Crippen LogP contribution in [-0.2, 0) is 0 Å². The smallest absolute Gasteiger partial charge is 0.325 e. The fourth-order valence-corrected chi connectivity index (χ4v) is 4.37. The molecule has 10 heteroatoms. The molecule has 4 N–H and O–H groups in total. The average molecular weight is 479 g/mol. The molecule has 0 saturated carbocycles. The Kier molecular flexibility index (Phi) is 6.12. The molecule has 0 unspecified atom stereocenters. The van der Waals surface area contributed by atoms with Gasteiger partial charge in [0.2, 0.25) is 0 Å². The lowest BCUT2D eigenvalue weighted by molar-refractivity contribution is 0.439. The Labute approximate surface area is 202 Å². The highest BCUT2D eigenvalue weighted by Crippen LogP contribution is 2.36. The molecule has 0 amide bonds. The van der Waals surface area contributed by atoms with Crippen LogP contribution in [0.2, 0.25) is 5.02 Å². The fourth-order valence-electron chi connectivity index (χ4n) is 4.11. The molecule has 1 fully saturated rings. The number of piperazine rings is 1. The number of halogens is 1. The molecule has 0 radical (unpaired) electrons. The van der Waals surface area contributed by atoms with E-state index in [1.807, 2.05) is 56.3 Å². The van der Waals surface area contributed by atoms with Crippen molar-refractivity contribution in [3.05, 3.63) is 52.8 Å². The van der Waals surface area contributed by atoms with Gasteiger partial charge in [-0.1, -0.05) is 17.7 Å². The third-order valence-corrected chi connectivity index (χ3v) is 6.12. The molecule has 1 aliphatic heterocycles. The Hall–Kier alpha value is -3.56. The third kappa shape index (κ3) is 4.57. The number of aromatic nitrogens is 5. The summed E-state index contributed by atoms with van der Waals surface area (Å²) in [4.78, 5) is 14.9. The zero-order chi connectivity index (χ0) is 23.7. The summed E-state index contributed by atoms with van der Waals surface area (Å²) in [5, 5.41) is 15.4. The van der Waals surface area contributed by atoms with Gasteiger partial charge in [0.15, 0.2) is 5.82 Å². The van der Waals surface area contributed by atoms with E-state index < -0.39 is 0 Å². The summed E-state index contributed by atoms with van der Waals surface area (Å²) in [6, 6.07) is 10.1. The van der Waals surface area contributed by atoms with Gasteiger partial charge < -0.3 is 25.3 Å². The molecule has 1 aliphatic rings. The minimum atomic E-state index is 0.212. The Balaban J connectivity index is 1.50. The molecule has 176 valence electrons. The molecule has 5 rings (SSSR count). The minimum absolute atomic E-state index is 0.212. The first-order chi connectivity index (χ1) is 16.5. The van der Waals surface area contributed by atoms with Crippen LogP contribution in [-0.4, -0.2) is 50.8 Å². The van der Waals surface area contributed by atoms with Gasteiger partial charge in [0, 0.05) is 54.4 Å². The van der Waals surface area contributed by atoms with Crippen LogP contribution in [0.4, 0.5) is 17.5 Å². The lowest BCUT2D eigenvalue weighted by Gasteiger charge is -2.35. The van der Waals surface area contributed by atoms with E-state index in [9.17, 15) is 0 Å². The number of allylic oxidation sites excluding steroid dienone is 1. The number of hydrogen-bond donors (Lipinski definition) is 4. The van der Waals surface area contributed by atoms with Crippen molar-refractivity contribution in [2.45, 2.75) is 26.8 Å². The highest BCUT2D eigenvalue weighted by atomic mass is 35.5. The number of nitrogens with one attached hydrogen (secondary N) is 4. The van der Waals surface area contributed by atoms with Crippen molar-refractivity contribution in [3.63, 3.8) is 0 Å². The molecule has 1 atom stereocenters. The van der Waals surface area contributed by atoms with Crippen LogP contribution >= 0.6 is 11.6 Å². The van der Waals surface area contributed by atoms with Gasteiger partial charge in [0.25, 0.3) is 0 Å². The van der Waals surface area contributed by atoms with E-state index in [0.717, 1.165) is 47.7 Å². The monoisotopic (exact) mass is 478 g/mol. The summed E-state index contributed by atoms with van der Waals surface area (Å²) in [5.74, 6) is 2.51. The number of nitrogens with zero attached hydrogens (tertiary/aromatic N) is 4. The van der Waals surface area contributed by atoms with Crippen molar-refractivity contribution >= 4 is 46.0 Å². The van der Waals surface area contributed by atoms with Gasteiger partial charge in [0.05, 0.1) is 10.7 Å². The Morgan fingerprint density at radius 2 is 2.09 bits per heavy atom. The highest BCUT2D eigenvalue weighted by molar-refractivity contribution is 6.37. The van der Waals surface area contributed by atoms with Crippen LogP contribution in [0.25, 0.3) is 17.0 Å². The number of rotatable bonds is 6. The van der Waals surface area contributed by atoms with Crippen molar-refractivity contribution in [1.82, 2.24) is 30.5 Å². The topological polar surface area (TPSA) is 107 Å². The molecule has 4 heterocycles. The lowest BCUT2D eigenvalue weighted by Crippen LogP contribution is -2.50. The number of aryl methyl sites for hydroxylation is 1. The normalized spacial score (nSPS) is 16.5. The summed E-state index contributed by atoms with van der Waals surface area (Å²) >= 11 is 6.66. The Morgan fingerprint density at radius 3 is 2.91 bits per heavy atom. The molecule has 9 nitrogen and oxygen atoms in total. The largest absolute Gasteiger partial charge is 0.423 e. The predicted octanol–water partition coefficient (Wildman–Crippen LogP) is 5.01. The van der Waals surface area contributed by atoms with Gasteiger partial charge in [-0.05, 0) is 45.0 Å². The number of anilines is 3. The first-order valence-electron chi connectivity index (χ1n) is 11.3. The maximum atomic E-state index is 6.66. The molecule has 4 aromatic rings. The van der Waals surface area contributed by atoms with E-state index in [-0.39, 0.29) is 12.1 Å². The highest BCUT2D eigenvalue weighted by Gasteiger charge is 2.22. The number of ether oxygens (including phenoxy) is 1. The van der Waals surface area contributed by atoms with Crippen molar-refractivity contribution < 1.29 is 4.74 Å². The van der Waals surface area contributed by atoms with E-state index in [4.69, 9.17) is 21.3 Å². The molecular formula is C24H27ClN8O. The first kappa shape index (κ1) is 22.2. The fraction of sp³-hybridized carbons (Fsp3) is 0.292. The van der Waals surface area contributed by atoms with Crippen molar-refractivity contribution in [1.29, 1.82) is 0 Å². The van der Waals surface area contributed by atoms with Crippen molar-refractivity contribution in [2.75, 3.05) is 29.9 Å². The van der Waals surface area contributed by atoms with Gasteiger partial charge >= 0.3 is 6.01 Å². The second-order valence-electron chi connectivity index (χ2n) is 8.37. The molecule has 1 aromatic carbocycles. The summed E-state index contributed by atoms with van der Waals surface area (Å²) in [6.45, 7) is 8.71. The molecule has 1 saturated heterocycles. The number of aromatic amines is 2. The maximum absolute atomic E-state index is 6.66. The van der Waals surface area contributed by atoms with Crippen molar-refractivity contribution in [2.24, 2.45) is 0 Å². The predicted molar refractivity (Wildman–Crippen MR) is 136 cm³/mol. The summed E-state index contributed by atoms with van der Waals surface area (Å²) in [7, 11) is 0. The van der Waals surface area contributed by atoms with E-state index in [2.05, 4.69) is 42.6 Å². The van der Waals surface area contributed by atoms with Crippen LogP contribution in [0, 0.1) is 6.92 Å². The zero-order valence-electron chi connectivity index (χ0n) is 19.3. The van der Waals surface area contributed by atoms with Gasteiger partial charge in [-0.3, -0.25) is 5.10 Å². The van der Waals surface area contributed by atoms with Crippen LogP contribution in [0.15, 0.2) is 36.4 Å². The van der Waals surface area contributed by atoms with E-state index >= 15 is 0 Å². The first-order valence-corrected chi connectivity index (χ1v) is 11.6. The molecular weight excluding hydrogens is 452 g/mol. The second-order valence-corrected chi connectivity index (χ2v) is 8.75. The van der Waals surface area contributed by atoms with Crippen LogP contribution in [0.3, 0.4) is 0 Å². The molecule has 0 bridgehead atoms. The summed E-state index contributed by atoms with van der Waals surface area (Å²) in [5.41, 5.74) is 2.88. The maximum Gasteiger partial charge on any atom is 0.325 e. The van der Waals surface area contributed by atoms with E-state index in [1.165, 1.54) is 0 Å².